The van der Waals surface area contributed by atoms with Gasteiger partial charge in [-0.1, -0.05) is 25.1 Å². The van der Waals surface area contributed by atoms with Crippen molar-refractivity contribution in [1.29, 1.82) is 0 Å². The van der Waals surface area contributed by atoms with Crippen molar-refractivity contribution < 1.29 is 5.11 Å². The first kappa shape index (κ1) is 23.0. The molecule has 32 heavy (non-hydrogen) atoms. The SMILES string of the molecule is CC(CO)Cn1c(=O)c2c(nc(N3CCCNCC3)n2Cc2ccccc2I)n(C)c1=O. The summed E-state index contributed by atoms with van der Waals surface area (Å²) < 4.78 is 5.74. The third-order valence-electron chi connectivity index (χ3n) is 5.93. The van der Waals surface area contributed by atoms with Gasteiger partial charge in [-0.05, 0) is 53.1 Å². The molecule has 4 rings (SSSR count). The summed E-state index contributed by atoms with van der Waals surface area (Å²) in [6, 6.07) is 8.08. The van der Waals surface area contributed by atoms with Crippen molar-refractivity contribution in [2.24, 2.45) is 13.0 Å². The van der Waals surface area contributed by atoms with Gasteiger partial charge in [0.25, 0.3) is 5.56 Å². The molecule has 0 amide bonds. The topological polar surface area (TPSA) is 97.3 Å². The number of aromatic nitrogens is 4. The fraction of sp³-hybridized carbons (Fsp3) is 0.500. The van der Waals surface area contributed by atoms with Gasteiger partial charge in [0.2, 0.25) is 5.95 Å². The molecule has 1 aliphatic heterocycles. The van der Waals surface area contributed by atoms with Gasteiger partial charge in [0.05, 0.1) is 6.54 Å². The molecule has 1 unspecified atom stereocenters. The highest BCUT2D eigenvalue weighted by atomic mass is 127. The second-order valence-corrected chi connectivity index (χ2v) is 9.56. The van der Waals surface area contributed by atoms with Gasteiger partial charge in [-0.15, -0.1) is 0 Å². The Morgan fingerprint density at radius 1 is 1.19 bits per heavy atom. The number of imidazole rings is 1. The molecule has 2 aromatic heterocycles. The Morgan fingerprint density at radius 2 is 1.97 bits per heavy atom. The zero-order valence-electron chi connectivity index (χ0n) is 18.4. The van der Waals surface area contributed by atoms with E-state index < -0.39 is 5.69 Å². The summed E-state index contributed by atoms with van der Waals surface area (Å²) in [5.41, 5.74) is 1.13. The van der Waals surface area contributed by atoms with Gasteiger partial charge in [0, 0.05) is 43.4 Å². The number of nitrogens with one attached hydrogen (secondary N) is 1. The Hall–Kier alpha value is -2.18. The highest BCUT2D eigenvalue weighted by Gasteiger charge is 2.25. The first-order valence-corrected chi connectivity index (χ1v) is 12.0. The molecule has 10 heteroatoms. The molecule has 9 nitrogen and oxygen atoms in total. The van der Waals surface area contributed by atoms with Crippen LogP contribution < -0.4 is 21.5 Å². The molecule has 0 bridgehead atoms. The Morgan fingerprint density at radius 3 is 2.72 bits per heavy atom. The van der Waals surface area contributed by atoms with Crippen molar-refractivity contribution in [3.8, 4) is 0 Å². The minimum Gasteiger partial charge on any atom is -0.396 e. The lowest BCUT2D eigenvalue weighted by atomic mass is 10.2. The van der Waals surface area contributed by atoms with Crippen LogP contribution in [0.1, 0.15) is 18.9 Å². The zero-order chi connectivity index (χ0) is 22.8. The summed E-state index contributed by atoms with van der Waals surface area (Å²) in [6.45, 7) is 5.75. The number of aryl methyl sites for hydroxylation is 1. The van der Waals surface area contributed by atoms with Crippen LogP contribution in [0.2, 0.25) is 0 Å². The molecule has 0 radical (unpaired) electrons. The largest absolute Gasteiger partial charge is 0.396 e. The van der Waals surface area contributed by atoms with Gasteiger partial charge in [0.1, 0.15) is 0 Å². The number of anilines is 1. The third-order valence-corrected chi connectivity index (χ3v) is 6.98. The maximum atomic E-state index is 13.6. The lowest BCUT2D eigenvalue weighted by Gasteiger charge is -2.22. The molecule has 0 spiro atoms. The number of nitrogens with zero attached hydrogens (tertiary/aromatic N) is 5. The molecule has 3 aromatic rings. The van der Waals surface area contributed by atoms with Crippen LogP contribution in [0.25, 0.3) is 11.2 Å². The van der Waals surface area contributed by atoms with E-state index in [2.05, 4.69) is 38.9 Å². The van der Waals surface area contributed by atoms with E-state index >= 15 is 0 Å². The van der Waals surface area contributed by atoms with E-state index in [9.17, 15) is 14.7 Å². The second-order valence-electron chi connectivity index (χ2n) is 8.40. The molecule has 1 atom stereocenters. The van der Waals surface area contributed by atoms with Gasteiger partial charge in [-0.2, -0.15) is 4.98 Å². The molecule has 1 fully saturated rings. The summed E-state index contributed by atoms with van der Waals surface area (Å²) in [5, 5.41) is 12.9. The van der Waals surface area contributed by atoms with E-state index in [0.29, 0.717) is 23.7 Å². The predicted octanol–water partition coefficient (Wildman–Crippen LogP) is 0.978. The third kappa shape index (κ3) is 4.35. The van der Waals surface area contributed by atoms with Gasteiger partial charge >= 0.3 is 5.69 Å². The van der Waals surface area contributed by atoms with Crippen molar-refractivity contribution in [1.82, 2.24) is 24.0 Å². The molecule has 0 saturated carbocycles. The standard InChI is InChI=1S/C22H29IN6O3/c1-15(14-30)12-29-20(31)18-19(26(2)22(29)32)25-21(27-10-5-8-24-9-11-27)28(18)13-16-6-3-4-7-17(16)23/h3-4,6-7,15,24,30H,5,8-14H2,1-2H3. The normalized spacial score (nSPS) is 15.8. The minimum atomic E-state index is -0.411. The highest BCUT2D eigenvalue weighted by molar-refractivity contribution is 14.1. The van der Waals surface area contributed by atoms with Crippen LogP contribution in [0, 0.1) is 9.49 Å². The monoisotopic (exact) mass is 552 g/mol. The predicted molar refractivity (Wildman–Crippen MR) is 133 cm³/mol. The fourth-order valence-electron chi connectivity index (χ4n) is 4.12. The van der Waals surface area contributed by atoms with Crippen molar-refractivity contribution >= 4 is 39.7 Å². The maximum Gasteiger partial charge on any atom is 0.332 e. The van der Waals surface area contributed by atoms with E-state index in [1.54, 1.807) is 7.05 Å². The van der Waals surface area contributed by atoms with E-state index in [1.165, 1.54) is 9.13 Å². The number of aliphatic hydroxyl groups excluding tert-OH is 1. The molecule has 2 N–H and O–H groups in total. The summed E-state index contributed by atoms with van der Waals surface area (Å²) in [4.78, 5) is 33.6. The first-order chi connectivity index (χ1) is 15.4. The van der Waals surface area contributed by atoms with Crippen LogP contribution in [0.15, 0.2) is 33.9 Å². The number of hydrogen-bond acceptors (Lipinski definition) is 6. The molecule has 3 heterocycles. The molecule has 1 aromatic carbocycles. The van der Waals surface area contributed by atoms with E-state index in [-0.39, 0.29) is 24.6 Å². The molecule has 0 aliphatic carbocycles. The average molecular weight is 552 g/mol. The highest BCUT2D eigenvalue weighted by Crippen LogP contribution is 2.24. The van der Waals surface area contributed by atoms with Crippen molar-refractivity contribution in [2.75, 3.05) is 37.7 Å². The van der Waals surface area contributed by atoms with Crippen LogP contribution in [-0.2, 0) is 20.1 Å². The number of halogens is 1. The molecule has 1 aliphatic rings. The van der Waals surface area contributed by atoms with Gasteiger partial charge in [0.15, 0.2) is 11.2 Å². The molecule has 1 saturated heterocycles. The van der Waals surface area contributed by atoms with Crippen LogP contribution in [0.4, 0.5) is 5.95 Å². The zero-order valence-corrected chi connectivity index (χ0v) is 20.6. The molecule has 172 valence electrons. The summed E-state index contributed by atoms with van der Waals surface area (Å²) >= 11 is 2.31. The Kier molecular flexibility index (Phi) is 7.01. The number of benzene rings is 1. The van der Waals surface area contributed by atoms with Crippen LogP contribution in [-0.4, -0.2) is 56.6 Å². The van der Waals surface area contributed by atoms with Crippen LogP contribution in [0.5, 0.6) is 0 Å². The van der Waals surface area contributed by atoms with E-state index in [1.807, 2.05) is 29.7 Å². The van der Waals surface area contributed by atoms with E-state index in [0.717, 1.165) is 41.7 Å². The quantitative estimate of drug-likeness (QED) is 0.443. The molecular formula is C22H29IN6O3. The summed E-state index contributed by atoms with van der Waals surface area (Å²) in [5.74, 6) is 0.504. The maximum absolute atomic E-state index is 13.6. The Bertz CT molecular complexity index is 1220. The Balaban J connectivity index is 1.96. The summed E-state index contributed by atoms with van der Waals surface area (Å²) in [7, 11) is 1.65. The molecular weight excluding hydrogens is 523 g/mol. The average Bonchev–Trinajstić information content (AvgIpc) is 2.96. The smallest absolute Gasteiger partial charge is 0.332 e. The fourth-order valence-corrected chi connectivity index (χ4v) is 4.68. The lowest BCUT2D eigenvalue weighted by Crippen LogP contribution is -2.41. The lowest BCUT2D eigenvalue weighted by molar-refractivity contribution is 0.220. The Labute approximate surface area is 199 Å². The van der Waals surface area contributed by atoms with Crippen LogP contribution in [0.3, 0.4) is 0 Å². The summed E-state index contributed by atoms with van der Waals surface area (Å²) in [6.07, 6.45) is 0.975. The van der Waals surface area contributed by atoms with Crippen molar-refractivity contribution in [3.05, 3.63) is 54.2 Å². The van der Waals surface area contributed by atoms with Crippen molar-refractivity contribution in [3.63, 3.8) is 0 Å². The van der Waals surface area contributed by atoms with E-state index in [4.69, 9.17) is 4.98 Å². The second kappa shape index (κ2) is 9.75. The number of fused-ring (bicyclic) bond motifs is 1. The number of hydrogen-bond donors (Lipinski definition) is 2. The minimum absolute atomic E-state index is 0.0961. The number of aliphatic hydroxyl groups is 1. The van der Waals surface area contributed by atoms with Crippen LogP contribution >= 0.6 is 22.6 Å². The van der Waals surface area contributed by atoms with Crippen molar-refractivity contribution in [2.45, 2.75) is 26.4 Å². The van der Waals surface area contributed by atoms with Gasteiger partial charge in [-0.3, -0.25) is 18.5 Å². The number of rotatable bonds is 6. The van der Waals surface area contributed by atoms with Gasteiger partial charge < -0.3 is 15.3 Å². The first-order valence-electron chi connectivity index (χ1n) is 10.9. The van der Waals surface area contributed by atoms with Gasteiger partial charge in [-0.25, -0.2) is 4.79 Å².